The lowest BCUT2D eigenvalue weighted by molar-refractivity contribution is 0.0989. The Morgan fingerprint density at radius 3 is 2.64 bits per heavy atom. The van der Waals surface area contributed by atoms with Crippen molar-refractivity contribution in [1.82, 2.24) is 14.8 Å². The van der Waals surface area contributed by atoms with E-state index >= 15 is 0 Å². The molecule has 0 aliphatic heterocycles. The van der Waals surface area contributed by atoms with Crippen LogP contribution in [0.3, 0.4) is 0 Å². The van der Waals surface area contributed by atoms with Crippen molar-refractivity contribution in [3.63, 3.8) is 0 Å². The lowest BCUT2D eigenvalue weighted by Gasteiger charge is -2.11. The Balaban J connectivity index is 1.94. The third kappa shape index (κ3) is 4.42. The molecule has 118 valence electrons. The topological polar surface area (TPSA) is 73.8 Å². The van der Waals surface area contributed by atoms with Crippen LogP contribution in [0.4, 0.5) is 0 Å². The van der Waals surface area contributed by atoms with Crippen LogP contribution in [0.5, 0.6) is 0 Å². The van der Waals surface area contributed by atoms with E-state index in [0.29, 0.717) is 24.6 Å². The largest absolute Gasteiger partial charge is 0.324 e. The highest BCUT2D eigenvalue weighted by Gasteiger charge is 2.13. The summed E-state index contributed by atoms with van der Waals surface area (Å²) < 4.78 is 2.06. The number of hydrogen-bond donors (Lipinski definition) is 1. The third-order valence-corrected chi connectivity index (χ3v) is 4.15. The van der Waals surface area contributed by atoms with Gasteiger partial charge in [-0.3, -0.25) is 4.79 Å². The highest BCUT2D eigenvalue weighted by molar-refractivity contribution is 7.99. The average molecular weight is 318 g/mol. The fourth-order valence-electron chi connectivity index (χ4n) is 2.13. The lowest BCUT2D eigenvalue weighted by atomic mass is 10.1. The molecule has 0 saturated heterocycles. The number of nitrogens with two attached hydrogens (primary N) is 1. The van der Waals surface area contributed by atoms with Gasteiger partial charge in [0.05, 0.1) is 6.54 Å². The lowest BCUT2D eigenvalue weighted by Crippen LogP contribution is -2.13. The molecule has 2 N–H and O–H groups in total. The number of carbonyl (C=O) groups is 1. The van der Waals surface area contributed by atoms with Crippen LogP contribution in [0.1, 0.15) is 36.5 Å². The van der Waals surface area contributed by atoms with Gasteiger partial charge in [-0.05, 0) is 5.92 Å². The summed E-state index contributed by atoms with van der Waals surface area (Å²) in [6, 6.07) is 9.37. The first-order chi connectivity index (χ1) is 10.6. The van der Waals surface area contributed by atoms with Gasteiger partial charge in [0.25, 0.3) is 0 Å². The van der Waals surface area contributed by atoms with E-state index in [1.807, 2.05) is 30.3 Å². The summed E-state index contributed by atoms with van der Waals surface area (Å²) in [6.07, 6.45) is 0.487. The van der Waals surface area contributed by atoms with E-state index in [4.69, 9.17) is 5.73 Å². The first-order valence-corrected chi connectivity index (χ1v) is 8.43. The van der Waals surface area contributed by atoms with Gasteiger partial charge in [0.15, 0.2) is 10.9 Å². The van der Waals surface area contributed by atoms with Crippen molar-refractivity contribution in [3.05, 3.63) is 41.7 Å². The van der Waals surface area contributed by atoms with Gasteiger partial charge in [0, 0.05) is 24.3 Å². The molecule has 22 heavy (non-hydrogen) atoms. The molecule has 2 aromatic rings. The number of ketones is 1. The van der Waals surface area contributed by atoms with Crippen LogP contribution in [-0.2, 0) is 13.1 Å². The van der Waals surface area contributed by atoms with Gasteiger partial charge in [-0.1, -0.05) is 55.9 Å². The summed E-state index contributed by atoms with van der Waals surface area (Å²) in [5.74, 6) is 2.13. The summed E-state index contributed by atoms with van der Waals surface area (Å²) in [5.41, 5.74) is 6.46. The summed E-state index contributed by atoms with van der Waals surface area (Å²) >= 11 is 1.56. The van der Waals surface area contributed by atoms with Crippen molar-refractivity contribution in [2.24, 2.45) is 11.7 Å². The van der Waals surface area contributed by atoms with Gasteiger partial charge in [-0.2, -0.15) is 0 Å². The molecule has 5 nitrogen and oxygen atoms in total. The quantitative estimate of drug-likeness (QED) is 0.598. The van der Waals surface area contributed by atoms with Crippen LogP contribution in [0, 0.1) is 5.92 Å². The zero-order valence-corrected chi connectivity index (χ0v) is 13.8. The van der Waals surface area contributed by atoms with Crippen LogP contribution in [0.2, 0.25) is 0 Å². The number of thioether (sulfide) groups is 1. The predicted molar refractivity (Wildman–Crippen MR) is 88.9 cm³/mol. The molecule has 6 heteroatoms. The average Bonchev–Trinajstić information content (AvgIpc) is 2.89. The Morgan fingerprint density at radius 1 is 1.27 bits per heavy atom. The van der Waals surface area contributed by atoms with E-state index in [2.05, 4.69) is 28.6 Å². The number of carbonyl (C=O) groups excluding carboxylic acids is 1. The number of nitrogens with zero attached hydrogens (tertiary/aromatic N) is 3. The standard InChI is InChI=1S/C16H22N4OS/c1-12(2)11-20-15(10-17)18-19-16(20)22-9-8-14(21)13-6-4-3-5-7-13/h3-7,12H,8-11,17H2,1-2H3. The molecule has 0 aliphatic rings. The van der Waals surface area contributed by atoms with Crippen molar-refractivity contribution in [2.45, 2.75) is 38.5 Å². The van der Waals surface area contributed by atoms with Crippen molar-refractivity contribution in [3.8, 4) is 0 Å². The highest BCUT2D eigenvalue weighted by Crippen LogP contribution is 2.20. The van der Waals surface area contributed by atoms with E-state index in [1.165, 1.54) is 0 Å². The van der Waals surface area contributed by atoms with Gasteiger partial charge in [0.1, 0.15) is 5.82 Å². The molecule has 2 rings (SSSR count). The molecule has 0 aliphatic carbocycles. The molecule has 0 saturated carbocycles. The minimum Gasteiger partial charge on any atom is -0.324 e. The van der Waals surface area contributed by atoms with Crippen LogP contribution in [-0.4, -0.2) is 26.3 Å². The zero-order valence-electron chi connectivity index (χ0n) is 13.0. The minimum atomic E-state index is 0.155. The molecule has 1 aromatic heterocycles. The molecule has 0 spiro atoms. The van der Waals surface area contributed by atoms with Crippen molar-refractivity contribution >= 4 is 17.5 Å². The van der Waals surface area contributed by atoms with E-state index in [9.17, 15) is 4.79 Å². The molecule has 1 heterocycles. The Kier molecular flexibility index (Phi) is 6.15. The monoisotopic (exact) mass is 318 g/mol. The molecule has 0 radical (unpaired) electrons. The summed E-state index contributed by atoms with van der Waals surface area (Å²) in [5, 5.41) is 9.16. The smallest absolute Gasteiger partial charge is 0.191 e. The molecule has 1 aromatic carbocycles. The molecule has 0 atom stereocenters. The number of Topliss-reactive ketones (excluding diaryl/α,β-unsaturated/α-hetero) is 1. The van der Waals surface area contributed by atoms with Gasteiger partial charge >= 0.3 is 0 Å². The Labute approximate surface area is 135 Å². The van der Waals surface area contributed by atoms with Crippen molar-refractivity contribution in [2.75, 3.05) is 5.75 Å². The van der Waals surface area contributed by atoms with Crippen LogP contribution in [0.15, 0.2) is 35.5 Å². The molecule has 0 unspecified atom stereocenters. The van der Waals surface area contributed by atoms with Crippen LogP contribution >= 0.6 is 11.8 Å². The number of aromatic nitrogens is 3. The number of rotatable bonds is 8. The summed E-state index contributed by atoms with van der Waals surface area (Å²) in [4.78, 5) is 12.1. The summed E-state index contributed by atoms with van der Waals surface area (Å²) in [7, 11) is 0. The maximum atomic E-state index is 12.1. The molecule has 0 bridgehead atoms. The molecular weight excluding hydrogens is 296 g/mol. The first kappa shape index (κ1) is 16.7. The van der Waals surface area contributed by atoms with E-state index < -0.39 is 0 Å². The molecule has 0 fully saturated rings. The fraction of sp³-hybridized carbons (Fsp3) is 0.438. The first-order valence-electron chi connectivity index (χ1n) is 7.45. The van der Waals surface area contributed by atoms with Crippen LogP contribution in [0.25, 0.3) is 0 Å². The van der Waals surface area contributed by atoms with Gasteiger partial charge in [0.2, 0.25) is 0 Å². The predicted octanol–water partition coefficient (Wildman–Crippen LogP) is 2.76. The Morgan fingerprint density at radius 2 is 2.00 bits per heavy atom. The molecule has 0 amide bonds. The highest BCUT2D eigenvalue weighted by atomic mass is 32.2. The third-order valence-electron chi connectivity index (χ3n) is 3.18. The van der Waals surface area contributed by atoms with Crippen molar-refractivity contribution in [1.29, 1.82) is 0 Å². The van der Waals surface area contributed by atoms with E-state index in [1.54, 1.807) is 11.8 Å². The summed E-state index contributed by atoms with van der Waals surface area (Å²) in [6.45, 7) is 5.51. The number of benzene rings is 1. The second-order valence-corrected chi connectivity index (χ2v) is 6.56. The second kappa shape index (κ2) is 8.10. The SMILES string of the molecule is CC(C)Cn1c(CN)nnc1SCCC(=O)c1ccccc1. The maximum absolute atomic E-state index is 12.1. The van der Waals surface area contributed by atoms with E-state index in [-0.39, 0.29) is 5.78 Å². The molecular formula is C16H22N4OS. The second-order valence-electron chi connectivity index (χ2n) is 5.50. The maximum Gasteiger partial charge on any atom is 0.191 e. The Hall–Kier alpha value is -1.66. The van der Waals surface area contributed by atoms with Gasteiger partial charge in [-0.25, -0.2) is 0 Å². The fourth-order valence-corrected chi connectivity index (χ4v) is 3.03. The zero-order chi connectivity index (χ0) is 15.9. The van der Waals surface area contributed by atoms with Crippen LogP contribution < -0.4 is 5.73 Å². The number of hydrogen-bond acceptors (Lipinski definition) is 5. The Bertz CT molecular complexity index is 610. The van der Waals surface area contributed by atoms with Crippen molar-refractivity contribution < 1.29 is 4.79 Å². The van der Waals surface area contributed by atoms with E-state index in [0.717, 1.165) is 23.1 Å². The normalized spacial score (nSPS) is 11.1. The van der Waals surface area contributed by atoms with Gasteiger partial charge in [-0.15, -0.1) is 10.2 Å². The minimum absolute atomic E-state index is 0.155. The van der Waals surface area contributed by atoms with Gasteiger partial charge < -0.3 is 10.3 Å².